The van der Waals surface area contributed by atoms with Gasteiger partial charge < -0.3 is 11.1 Å². The van der Waals surface area contributed by atoms with Crippen molar-refractivity contribution in [3.05, 3.63) is 34.3 Å². The Morgan fingerprint density at radius 1 is 1.44 bits per heavy atom. The van der Waals surface area contributed by atoms with Crippen molar-refractivity contribution in [1.29, 1.82) is 0 Å². The van der Waals surface area contributed by atoms with Gasteiger partial charge in [-0.2, -0.15) is 0 Å². The number of hydrogen-bond acceptors (Lipinski definition) is 2. The second-order valence-electron chi connectivity index (χ2n) is 4.11. The molecule has 0 saturated carbocycles. The molecule has 1 aromatic carbocycles. The maximum atomic E-state index is 11.8. The number of carbonyl (C=O) groups is 1. The normalized spacial score (nSPS) is 11.9. The van der Waals surface area contributed by atoms with E-state index in [0.717, 1.165) is 22.9 Å². The third-order valence-electron chi connectivity index (χ3n) is 2.53. The quantitative estimate of drug-likeness (QED) is 0.789. The van der Waals surface area contributed by atoms with Gasteiger partial charge in [0.2, 0.25) is 5.91 Å². The fourth-order valence-corrected chi connectivity index (χ4v) is 2.05. The summed E-state index contributed by atoms with van der Waals surface area (Å²) in [6.45, 7) is 2.03. The zero-order valence-corrected chi connectivity index (χ0v) is 12.7. The Morgan fingerprint density at radius 2 is 2.06 bits per heavy atom. The molecule has 0 radical (unpaired) electrons. The van der Waals surface area contributed by atoms with Crippen LogP contribution in [-0.4, -0.2) is 16.9 Å². The molecule has 1 aromatic rings. The lowest BCUT2D eigenvalue weighted by atomic mass is 10.1. The third-order valence-corrected chi connectivity index (χ3v) is 3.35. The zero-order chi connectivity index (χ0) is 13.5. The molecule has 0 saturated heterocycles. The highest BCUT2D eigenvalue weighted by Gasteiger charge is 2.14. The first-order valence-electron chi connectivity index (χ1n) is 5.86. The van der Waals surface area contributed by atoms with Crippen molar-refractivity contribution in [2.45, 2.75) is 32.2 Å². The molecule has 0 fully saturated rings. The molecular formula is C13H17BrN2OS. The van der Waals surface area contributed by atoms with Crippen molar-refractivity contribution in [3.63, 3.8) is 0 Å². The Labute approximate surface area is 121 Å². The summed E-state index contributed by atoms with van der Waals surface area (Å²) in [5.74, 6) is -0.0522. The average molecular weight is 329 g/mol. The summed E-state index contributed by atoms with van der Waals surface area (Å²) in [6.07, 6.45) is 2.05. The highest BCUT2D eigenvalue weighted by atomic mass is 79.9. The molecule has 0 aliphatic heterocycles. The van der Waals surface area contributed by atoms with Crippen molar-refractivity contribution < 1.29 is 4.79 Å². The number of amides is 1. The number of thiocarbonyl (C=S) groups is 1. The number of hydrogen-bond donors (Lipinski definition) is 2. The predicted octanol–water partition coefficient (Wildman–Crippen LogP) is 2.56. The van der Waals surface area contributed by atoms with E-state index in [9.17, 15) is 4.79 Å². The van der Waals surface area contributed by atoms with Crippen LogP contribution < -0.4 is 11.1 Å². The first-order chi connectivity index (χ1) is 8.52. The van der Waals surface area contributed by atoms with Gasteiger partial charge in [0.25, 0.3) is 0 Å². The van der Waals surface area contributed by atoms with Gasteiger partial charge in [-0.15, -0.1) is 0 Å². The molecule has 5 heteroatoms. The standard InChI is InChI=1S/C13H17BrN2OS/c1-2-3-11(13(15)18)16-12(17)8-9-4-6-10(14)7-5-9/h4-7,11H,2-3,8H2,1H3,(H2,15,18)(H,16,17). The highest BCUT2D eigenvalue weighted by molar-refractivity contribution is 9.10. The van der Waals surface area contributed by atoms with E-state index in [0.29, 0.717) is 11.4 Å². The summed E-state index contributed by atoms with van der Waals surface area (Å²) in [4.78, 5) is 12.2. The van der Waals surface area contributed by atoms with E-state index in [-0.39, 0.29) is 11.9 Å². The van der Waals surface area contributed by atoms with E-state index >= 15 is 0 Å². The molecular weight excluding hydrogens is 312 g/mol. The number of carbonyl (C=O) groups excluding carboxylic acids is 1. The minimum absolute atomic E-state index is 0.0522. The first-order valence-corrected chi connectivity index (χ1v) is 7.06. The van der Waals surface area contributed by atoms with E-state index in [2.05, 4.69) is 21.2 Å². The summed E-state index contributed by atoms with van der Waals surface area (Å²) in [5, 5.41) is 2.86. The fraction of sp³-hybridized carbons (Fsp3) is 0.385. The lowest BCUT2D eigenvalue weighted by molar-refractivity contribution is -0.120. The van der Waals surface area contributed by atoms with Crippen LogP contribution in [0.2, 0.25) is 0 Å². The molecule has 0 bridgehead atoms. The molecule has 0 aromatic heterocycles. The highest BCUT2D eigenvalue weighted by Crippen LogP contribution is 2.11. The molecule has 98 valence electrons. The van der Waals surface area contributed by atoms with Crippen molar-refractivity contribution in [3.8, 4) is 0 Å². The van der Waals surface area contributed by atoms with Crippen LogP contribution in [-0.2, 0) is 11.2 Å². The first kappa shape index (κ1) is 15.1. The monoisotopic (exact) mass is 328 g/mol. The van der Waals surface area contributed by atoms with Gasteiger partial charge in [0.15, 0.2) is 0 Å². The summed E-state index contributed by atoms with van der Waals surface area (Å²) < 4.78 is 0.999. The van der Waals surface area contributed by atoms with Gasteiger partial charge >= 0.3 is 0 Å². The van der Waals surface area contributed by atoms with Gasteiger partial charge in [-0.3, -0.25) is 4.79 Å². The smallest absolute Gasteiger partial charge is 0.224 e. The third kappa shape index (κ3) is 5.14. The molecule has 3 N–H and O–H groups in total. The van der Waals surface area contributed by atoms with Gasteiger partial charge in [-0.05, 0) is 24.1 Å². The molecule has 3 nitrogen and oxygen atoms in total. The van der Waals surface area contributed by atoms with Gasteiger partial charge in [0.05, 0.1) is 17.5 Å². The summed E-state index contributed by atoms with van der Waals surface area (Å²) >= 11 is 8.30. The lowest BCUT2D eigenvalue weighted by Gasteiger charge is -2.16. The Bertz CT molecular complexity index is 420. The number of halogens is 1. The Kier molecular flexibility index (Phi) is 6.29. The van der Waals surface area contributed by atoms with Crippen LogP contribution in [0.3, 0.4) is 0 Å². The average Bonchev–Trinajstić information content (AvgIpc) is 2.31. The van der Waals surface area contributed by atoms with E-state index in [1.54, 1.807) is 0 Å². The summed E-state index contributed by atoms with van der Waals surface area (Å²) in [7, 11) is 0. The van der Waals surface area contributed by atoms with Crippen LogP contribution in [0, 0.1) is 0 Å². The second kappa shape index (κ2) is 7.48. The summed E-state index contributed by atoms with van der Waals surface area (Å²) in [5.41, 5.74) is 6.56. The van der Waals surface area contributed by atoms with Crippen LogP contribution >= 0.6 is 28.1 Å². The zero-order valence-electron chi connectivity index (χ0n) is 10.3. The number of benzene rings is 1. The predicted molar refractivity (Wildman–Crippen MR) is 81.5 cm³/mol. The molecule has 1 rings (SSSR count). The van der Waals surface area contributed by atoms with Gasteiger partial charge in [0, 0.05) is 4.47 Å². The maximum absolute atomic E-state index is 11.8. The van der Waals surface area contributed by atoms with Crippen LogP contribution in [0.5, 0.6) is 0 Å². The molecule has 1 amide bonds. The van der Waals surface area contributed by atoms with Gasteiger partial charge in [-0.25, -0.2) is 0 Å². The number of nitrogens with one attached hydrogen (secondary N) is 1. The lowest BCUT2D eigenvalue weighted by Crippen LogP contribution is -2.43. The Balaban J connectivity index is 2.54. The van der Waals surface area contributed by atoms with Crippen molar-refractivity contribution in [2.75, 3.05) is 0 Å². The second-order valence-corrected chi connectivity index (χ2v) is 5.50. The molecule has 1 atom stereocenters. The fourth-order valence-electron chi connectivity index (χ4n) is 1.61. The molecule has 18 heavy (non-hydrogen) atoms. The van der Waals surface area contributed by atoms with Crippen LogP contribution in [0.15, 0.2) is 28.7 Å². The topological polar surface area (TPSA) is 55.1 Å². The molecule has 0 spiro atoms. The van der Waals surface area contributed by atoms with E-state index < -0.39 is 0 Å². The van der Waals surface area contributed by atoms with Gasteiger partial charge in [-0.1, -0.05) is 53.6 Å². The SMILES string of the molecule is CCCC(NC(=O)Cc1ccc(Br)cc1)C(N)=S. The number of nitrogens with two attached hydrogens (primary N) is 1. The van der Waals surface area contributed by atoms with Crippen LogP contribution in [0.4, 0.5) is 0 Å². The number of rotatable bonds is 6. The summed E-state index contributed by atoms with van der Waals surface area (Å²) in [6, 6.07) is 7.46. The van der Waals surface area contributed by atoms with Gasteiger partial charge in [0.1, 0.15) is 0 Å². The molecule has 1 unspecified atom stereocenters. The minimum atomic E-state index is -0.201. The maximum Gasteiger partial charge on any atom is 0.224 e. The van der Waals surface area contributed by atoms with E-state index in [4.69, 9.17) is 18.0 Å². The molecule has 0 heterocycles. The van der Waals surface area contributed by atoms with Crippen LogP contribution in [0.25, 0.3) is 0 Å². The van der Waals surface area contributed by atoms with Crippen molar-refractivity contribution >= 4 is 39.0 Å². The Morgan fingerprint density at radius 3 is 2.56 bits per heavy atom. The largest absolute Gasteiger partial charge is 0.392 e. The molecule has 0 aliphatic rings. The Hall–Kier alpha value is -0.940. The molecule has 0 aliphatic carbocycles. The van der Waals surface area contributed by atoms with E-state index in [1.165, 1.54) is 0 Å². The van der Waals surface area contributed by atoms with E-state index in [1.807, 2.05) is 31.2 Å². The van der Waals surface area contributed by atoms with Crippen molar-refractivity contribution in [2.24, 2.45) is 5.73 Å². The van der Waals surface area contributed by atoms with Crippen molar-refractivity contribution in [1.82, 2.24) is 5.32 Å². The van der Waals surface area contributed by atoms with Crippen LogP contribution in [0.1, 0.15) is 25.3 Å². The minimum Gasteiger partial charge on any atom is -0.392 e.